The van der Waals surface area contributed by atoms with Crippen LogP contribution in [-0.2, 0) is 23.1 Å². The Balaban J connectivity index is 0.00000166. The highest BCUT2D eigenvalue weighted by Gasteiger charge is 2.27. The Kier molecular flexibility index (Phi) is 8.19. The zero-order valence-corrected chi connectivity index (χ0v) is 17.6. The van der Waals surface area contributed by atoms with E-state index in [-0.39, 0.29) is 17.7 Å². The van der Waals surface area contributed by atoms with Crippen LogP contribution in [-0.4, -0.2) is 33.4 Å². The van der Waals surface area contributed by atoms with Crippen molar-refractivity contribution >= 4 is 17.6 Å². The largest absolute Gasteiger partial charge is 0.363 e. The van der Waals surface area contributed by atoms with Gasteiger partial charge in [0.2, 0.25) is 5.78 Å². The number of carbonyl (C=O) groups is 3. The standard InChI is InChI=1S/C21H19FN4O3.C2H6/c1-26-12-16(18(25-26)14-8-5-9-15(22)11-14)21(29)24-17(19(27)20(23)28)10-13-6-3-2-4-7-13;1-2/h2-9,11-12,17H,10H2,1H3,(H2,23,28)(H,24,29);1-2H3. The Hall–Kier alpha value is -3.81. The molecule has 162 valence electrons. The van der Waals surface area contributed by atoms with Crippen molar-refractivity contribution in [3.05, 3.63) is 77.7 Å². The van der Waals surface area contributed by atoms with E-state index in [0.29, 0.717) is 5.56 Å². The Morgan fingerprint density at radius 1 is 1.10 bits per heavy atom. The molecule has 0 aliphatic heterocycles. The average molecular weight is 424 g/mol. The second-order valence-electron chi connectivity index (χ2n) is 6.52. The molecule has 0 saturated carbocycles. The van der Waals surface area contributed by atoms with Crippen molar-refractivity contribution in [2.75, 3.05) is 0 Å². The van der Waals surface area contributed by atoms with Gasteiger partial charge in [0.25, 0.3) is 11.8 Å². The summed E-state index contributed by atoms with van der Waals surface area (Å²) in [6.45, 7) is 4.00. The van der Waals surface area contributed by atoms with Gasteiger partial charge in [-0.1, -0.05) is 56.3 Å². The first-order chi connectivity index (χ1) is 14.8. The van der Waals surface area contributed by atoms with E-state index in [4.69, 9.17) is 5.73 Å². The van der Waals surface area contributed by atoms with Crippen molar-refractivity contribution in [2.45, 2.75) is 26.3 Å². The minimum Gasteiger partial charge on any atom is -0.363 e. The predicted octanol–water partition coefficient (Wildman–Crippen LogP) is 2.65. The van der Waals surface area contributed by atoms with Gasteiger partial charge < -0.3 is 11.1 Å². The molecule has 0 bridgehead atoms. The summed E-state index contributed by atoms with van der Waals surface area (Å²) in [6.07, 6.45) is 1.56. The summed E-state index contributed by atoms with van der Waals surface area (Å²) in [4.78, 5) is 36.6. The highest BCUT2D eigenvalue weighted by molar-refractivity contribution is 6.38. The third kappa shape index (κ3) is 6.08. The lowest BCUT2D eigenvalue weighted by molar-refractivity contribution is -0.137. The Morgan fingerprint density at radius 2 is 1.77 bits per heavy atom. The summed E-state index contributed by atoms with van der Waals surface area (Å²) in [5, 5.41) is 6.79. The fourth-order valence-electron chi connectivity index (χ4n) is 2.97. The topological polar surface area (TPSA) is 107 Å². The Labute approximate surface area is 180 Å². The number of Topliss-reactive ketones (excluding diaryl/α,β-unsaturated/α-hetero) is 1. The molecule has 1 unspecified atom stereocenters. The van der Waals surface area contributed by atoms with Crippen molar-refractivity contribution in [3.8, 4) is 11.3 Å². The number of amides is 2. The van der Waals surface area contributed by atoms with Gasteiger partial charge in [0.15, 0.2) is 0 Å². The van der Waals surface area contributed by atoms with E-state index >= 15 is 0 Å². The third-order valence-electron chi connectivity index (χ3n) is 4.32. The van der Waals surface area contributed by atoms with Crippen LogP contribution in [0.1, 0.15) is 29.8 Å². The van der Waals surface area contributed by atoms with Crippen LogP contribution in [0.3, 0.4) is 0 Å². The van der Waals surface area contributed by atoms with Crippen LogP contribution in [0, 0.1) is 5.82 Å². The normalized spacial score (nSPS) is 11.1. The number of rotatable bonds is 7. The number of ketones is 1. The SMILES string of the molecule is CC.Cn1cc(C(=O)NC(Cc2ccccc2)C(=O)C(N)=O)c(-c2cccc(F)c2)n1. The number of hydrogen-bond donors (Lipinski definition) is 2. The monoisotopic (exact) mass is 424 g/mol. The van der Waals surface area contributed by atoms with E-state index < -0.39 is 29.5 Å². The first kappa shape index (κ1) is 23.5. The molecule has 8 heteroatoms. The fraction of sp³-hybridized carbons (Fsp3) is 0.217. The molecule has 0 radical (unpaired) electrons. The van der Waals surface area contributed by atoms with Crippen molar-refractivity contribution in [3.63, 3.8) is 0 Å². The molecule has 31 heavy (non-hydrogen) atoms. The molecule has 3 aromatic rings. The van der Waals surface area contributed by atoms with Gasteiger partial charge in [-0.05, 0) is 17.7 Å². The fourth-order valence-corrected chi connectivity index (χ4v) is 2.97. The first-order valence-corrected chi connectivity index (χ1v) is 9.83. The quantitative estimate of drug-likeness (QED) is 0.569. The van der Waals surface area contributed by atoms with Crippen molar-refractivity contribution in [1.29, 1.82) is 0 Å². The molecule has 7 nitrogen and oxygen atoms in total. The Bertz CT molecular complexity index is 1060. The van der Waals surface area contributed by atoms with Gasteiger partial charge in [0, 0.05) is 25.2 Å². The lowest BCUT2D eigenvalue weighted by Gasteiger charge is -2.16. The van der Waals surface area contributed by atoms with Crippen molar-refractivity contribution in [1.82, 2.24) is 15.1 Å². The van der Waals surface area contributed by atoms with Crippen LogP contribution in [0.5, 0.6) is 0 Å². The van der Waals surface area contributed by atoms with Gasteiger partial charge in [-0.25, -0.2) is 4.39 Å². The van der Waals surface area contributed by atoms with Gasteiger partial charge >= 0.3 is 0 Å². The van der Waals surface area contributed by atoms with Gasteiger partial charge in [-0.3, -0.25) is 19.1 Å². The Morgan fingerprint density at radius 3 is 2.39 bits per heavy atom. The number of aryl methyl sites for hydroxylation is 1. The number of nitrogens with zero attached hydrogens (tertiary/aromatic N) is 2. The zero-order valence-electron chi connectivity index (χ0n) is 17.6. The van der Waals surface area contributed by atoms with E-state index in [1.54, 1.807) is 37.4 Å². The van der Waals surface area contributed by atoms with Gasteiger partial charge in [0.05, 0.1) is 5.56 Å². The lowest BCUT2D eigenvalue weighted by Crippen LogP contribution is -2.47. The molecule has 2 amide bonds. The molecule has 3 rings (SSSR count). The molecule has 1 atom stereocenters. The number of carbonyl (C=O) groups excluding carboxylic acids is 3. The highest BCUT2D eigenvalue weighted by atomic mass is 19.1. The highest BCUT2D eigenvalue weighted by Crippen LogP contribution is 2.23. The summed E-state index contributed by atoms with van der Waals surface area (Å²) in [5.74, 6) is -3.13. The second-order valence-corrected chi connectivity index (χ2v) is 6.52. The summed E-state index contributed by atoms with van der Waals surface area (Å²) in [7, 11) is 1.62. The van der Waals surface area contributed by atoms with E-state index in [9.17, 15) is 18.8 Å². The number of benzene rings is 2. The van der Waals surface area contributed by atoms with Crippen LogP contribution in [0.15, 0.2) is 60.8 Å². The molecule has 1 heterocycles. The zero-order chi connectivity index (χ0) is 23.0. The minimum atomic E-state index is -1.14. The van der Waals surface area contributed by atoms with E-state index in [1.165, 1.54) is 29.1 Å². The van der Waals surface area contributed by atoms with E-state index in [2.05, 4.69) is 10.4 Å². The molecule has 0 fully saturated rings. The molecule has 2 aromatic carbocycles. The molecule has 1 aromatic heterocycles. The third-order valence-corrected chi connectivity index (χ3v) is 4.32. The number of nitrogens with two attached hydrogens (primary N) is 1. The maximum absolute atomic E-state index is 13.6. The van der Waals surface area contributed by atoms with Gasteiger partial charge in [-0.2, -0.15) is 5.10 Å². The van der Waals surface area contributed by atoms with E-state index in [1.807, 2.05) is 19.9 Å². The van der Waals surface area contributed by atoms with Gasteiger partial charge in [0.1, 0.15) is 17.6 Å². The first-order valence-electron chi connectivity index (χ1n) is 9.83. The summed E-state index contributed by atoms with van der Waals surface area (Å²) in [5.41, 5.74) is 6.72. The number of aromatic nitrogens is 2. The summed E-state index contributed by atoms with van der Waals surface area (Å²) in [6, 6.07) is 13.5. The van der Waals surface area contributed by atoms with Gasteiger partial charge in [-0.15, -0.1) is 0 Å². The number of nitrogens with one attached hydrogen (secondary N) is 1. The minimum absolute atomic E-state index is 0.101. The molecule has 0 aliphatic carbocycles. The van der Waals surface area contributed by atoms with Crippen LogP contribution in [0.4, 0.5) is 4.39 Å². The summed E-state index contributed by atoms with van der Waals surface area (Å²) < 4.78 is 15.0. The van der Waals surface area contributed by atoms with Crippen molar-refractivity contribution in [2.24, 2.45) is 12.8 Å². The molecular weight excluding hydrogens is 399 g/mol. The molecule has 0 saturated heterocycles. The molecular formula is C23H25FN4O3. The van der Waals surface area contributed by atoms with Crippen LogP contribution in [0.2, 0.25) is 0 Å². The average Bonchev–Trinajstić information content (AvgIpc) is 3.16. The predicted molar refractivity (Wildman–Crippen MR) is 116 cm³/mol. The second kappa shape index (κ2) is 10.8. The van der Waals surface area contributed by atoms with Crippen molar-refractivity contribution < 1.29 is 18.8 Å². The number of halogens is 1. The lowest BCUT2D eigenvalue weighted by atomic mass is 10.0. The molecule has 0 aliphatic rings. The van der Waals surface area contributed by atoms with E-state index in [0.717, 1.165) is 5.56 Å². The maximum Gasteiger partial charge on any atom is 0.287 e. The maximum atomic E-state index is 13.6. The molecule has 3 N–H and O–H groups in total. The van der Waals surface area contributed by atoms with Crippen LogP contribution in [0.25, 0.3) is 11.3 Å². The summed E-state index contributed by atoms with van der Waals surface area (Å²) >= 11 is 0. The van der Waals surface area contributed by atoms with Crippen LogP contribution >= 0.6 is 0 Å². The smallest absolute Gasteiger partial charge is 0.287 e. The number of primary amides is 1. The number of hydrogen-bond acceptors (Lipinski definition) is 4. The van der Waals surface area contributed by atoms with Crippen LogP contribution < -0.4 is 11.1 Å². The molecule has 0 spiro atoms.